The summed E-state index contributed by atoms with van der Waals surface area (Å²) in [6, 6.07) is 8.04. The van der Waals surface area contributed by atoms with E-state index in [-0.39, 0.29) is 17.2 Å². The fourth-order valence-corrected chi connectivity index (χ4v) is 3.57. The molecule has 1 saturated heterocycles. The first-order valence-electron chi connectivity index (χ1n) is 8.66. The average Bonchev–Trinajstić information content (AvgIpc) is 3.10. The predicted molar refractivity (Wildman–Crippen MR) is 101 cm³/mol. The van der Waals surface area contributed by atoms with E-state index in [1.165, 1.54) is 17.3 Å². The Kier molecular flexibility index (Phi) is 5.49. The highest BCUT2D eigenvalue weighted by Gasteiger charge is 2.37. The van der Waals surface area contributed by atoms with Crippen molar-refractivity contribution in [2.45, 2.75) is 50.6 Å². The van der Waals surface area contributed by atoms with Crippen molar-refractivity contribution in [2.24, 2.45) is 0 Å². The summed E-state index contributed by atoms with van der Waals surface area (Å²) in [5, 5.41) is 10.2. The van der Waals surface area contributed by atoms with Gasteiger partial charge in [0.25, 0.3) is 0 Å². The largest absolute Gasteiger partial charge is 0.374 e. The van der Waals surface area contributed by atoms with Crippen molar-refractivity contribution in [1.29, 1.82) is 0 Å². The Hall–Kier alpha value is -1.79. The number of carbonyl (C=O) groups excluding carboxylic acids is 1. The number of H-pyrrole nitrogens is 1. The predicted octanol–water partition coefficient (Wildman–Crippen LogP) is 3.51. The van der Waals surface area contributed by atoms with Gasteiger partial charge in [-0.2, -0.15) is 11.8 Å². The Balaban J connectivity index is 1.88. The average molecular weight is 359 g/mol. The highest BCUT2D eigenvalue weighted by atomic mass is 32.2. The van der Waals surface area contributed by atoms with Crippen molar-refractivity contribution in [3.05, 3.63) is 41.9 Å². The van der Waals surface area contributed by atoms with Gasteiger partial charge in [0, 0.05) is 0 Å². The van der Waals surface area contributed by atoms with E-state index in [0.717, 1.165) is 29.9 Å². The molecular weight excluding hydrogens is 334 g/mol. The zero-order valence-corrected chi connectivity index (χ0v) is 15.7. The van der Waals surface area contributed by atoms with Crippen molar-refractivity contribution in [3.8, 4) is 11.3 Å². The zero-order valence-electron chi connectivity index (χ0n) is 14.9. The summed E-state index contributed by atoms with van der Waals surface area (Å²) in [5.41, 5.74) is 3.21. The maximum Gasteiger partial charge on any atom is 0.238 e. The van der Waals surface area contributed by atoms with Gasteiger partial charge in [-0.15, -0.1) is 0 Å². The second-order valence-corrected chi connectivity index (χ2v) is 7.78. The van der Waals surface area contributed by atoms with Crippen LogP contribution in [0, 0.1) is 6.92 Å². The second-order valence-electron chi connectivity index (χ2n) is 6.60. The number of nitrogens with one attached hydrogen (secondary N) is 1. The van der Waals surface area contributed by atoms with Gasteiger partial charge in [0.2, 0.25) is 5.91 Å². The minimum Gasteiger partial charge on any atom is -0.374 e. The van der Waals surface area contributed by atoms with E-state index in [9.17, 15) is 9.90 Å². The van der Waals surface area contributed by atoms with Crippen LogP contribution in [0.4, 0.5) is 0 Å². The maximum atomic E-state index is 12.7. The van der Waals surface area contributed by atoms with E-state index >= 15 is 0 Å². The minimum atomic E-state index is -0.742. The molecule has 2 heterocycles. The molecule has 6 heteroatoms. The third-order valence-corrected chi connectivity index (χ3v) is 5.73. The highest BCUT2D eigenvalue weighted by molar-refractivity contribution is 7.99. The van der Waals surface area contributed by atoms with Crippen LogP contribution < -0.4 is 0 Å². The molecule has 2 N–H and O–H groups in total. The maximum absolute atomic E-state index is 12.7. The number of likely N-dealkylation sites (tertiary alicyclic amines) is 1. The Morgan fingerprint density at radius 2 is 2.08 bits per heavy atom. The van der Waals surface area contributed by atoms with E-state index < -0.39 is 6.23 Å². The smallest absolute Gasteiger partial charge is 0.238 e. The molecule has 25 heavy (non-hydrogen) atoms. The van der Waals surface area contributed by atoms with Crippen LogP contribution in [0.1, 0.15) is 43.6 Å². The fraction of sp³-hybridized carbons (Fsp3) is 0.474. The number of rotatable bonds is 4. The number of aliphatic hydroxyl groups excluding tert-OH is 1. The number of benzene rings is 1. The van der Waals surface area contributed by atoms with Gasteiger partial charge in [0.15, 0.2) is 0 Å². The number of hydrogen-bond donors (Lipinski definition) is 2. The third-order valence-electron chi connectivity index (χ3n) is 4.83. The zero-order chi connectivity index (χ0) is 18.0. The van der Waals surface area contributed by atoms with Gasteiger partial charge in [0.1, 0.15) is 12.1 Å². The van der Waals surface area contributed by atoms with Crippen LogP contribution in [0.5, 0.6) is 0 Å². The van der Waals surface area contributed by atoms with E-state index in [4.69, 9.17) is 0 Å². The van der Waals surface area contributed by atoms with Crippen LogP contribution in [-0.2, 0) is 4.79 Å². The molecule has 1 aromatic carbocycles. The molecular formula is C19H25N3O2S. The molecule has 0 aliphatic carbocycles. The molecule has 3 atom stereocenters. The molecule has 1 aliphatic heterocycles. The van der Waals surface area contributed by atoms with Gasteiger partial charge in [-0.1, -0.05) is 29.8 Å². The molecule has 0 bridgehead atoms. The quantitative estimate of drug-likeness (QED) is 0.876. The molecule has 1 aliphatic rings. The van der Waals surface area contributed by atoms with Gasteiger partial charge < -0.3 is 15.0 Å². The summed E-state index contributed by atoms with van der Waals surface area (Å²) in [6.07, 6.45) is 5.29. The normalized spacial score (nSPS) is 22.0. The SMILES string of the molecule is CSC(C)C(=O)N1C(O)CCCC1c1ncc(-c2ccc(C)cc2)[nH]1. The van der Waals surface area contributed by atoms with Gasteiger partial charge in [-0.05, 0) is 44.9 Å². The molecule has 1 fully saturated rings. The fourth-order valence-electron chi connectivity index (χ4n) is 3.25. The Labute approximate surface area is 152 Å². The van der Waals surface area contributed by atoms with Crippen molar-refractivity contribution in [1.82, 2.24) is 14.9 Å². The first-order chi connectivity index (χ1) is 12.0. The highest BCUT2D eigenvalue weighted by Crippen LogP contribution is 2.34. The van der Waals surface area contributed by atoms with Crippen LogP contribution in [0.25, 0.3) is 11.3 Å². The molecule has 0 radical (unpaired) electrons. The summed E-state index contributed by atoms with van der Waals surface area (Å²) in [6.45, 7) is 3.94. The Morgan fingerprint density at radius 3 is 2.76 bits per heavy atom. The van der Waals surface area contributed by atoms with Crippen molar-refractivity contribution >= 4 is 17.7 Å². The number of aliphatic hydroxyl groups is 1. The molecule has 2 aromatic rings. The lowest BCUT2D eigenvalue weighted by molar-refractivity contribution is -0.150. The number of hydrogen-bond acceptors (Lipinski definition) is 4. The molecule has 3 rings (SSSR count). The summed E-state index contributed by atoms with van der Waals surface area (Å²) in [7, 11) is 0. The summed E-state index contributed by atoms with van der Waals surface area (Å²) >= 11 is 1.50. The molecule has 134 valence electrons. The Bertz CT molecular complexity index is 729. The molecule has 1 aromatic heterocycles. The van der Waals surface area contributed by atoms with Crippen LogP contribution in [0.15, 0.2) is 30.5 Å². The molecule has 0 saturated carbocycles. The number of aromatic nitrogens is 2. The topological polar surface area (TPSA) is 69.2 Å². The summed E-state index contributed by atoms with van der Waals surface area (Å²) in [5.74, 6) is 0.717. The van der Waals surface area contributed by atoms with E-state index in [1.807, 2.05) is 19.4 Å². The number of thioether (sulfide) groups is 1. The minimum absolute atomic E-state index is 0.0296. The number of piperidine rings is 1. The molecule has 5 nitrogen and oxygen atoms in total. The first-order valence-corrected chi connectivity index (χ1v) is 9.95. The number of nitrogens with zero attached hydrogens (tertiary/aromatic N) is 2. The van der Waals surface area contributed by atoms with E-state index in [1.54, 1.807) is 4.90 Å². The van der Waals surface area contributed by atoms with Crippen molar-refractivity contribution in [2.75, 3.05) is 6.26 Å². The number of amides is 1. The van der Waals surface area contributed by atoms with Crippen molar-refractivity contribution < 1.29 is 9.90 Å². The van der Waals surface area contributed by atoms with Crippen LogP contribution >= 0.6 is 11.8 Å². The van der Waals surface area contributed by atoms with E-state index in [2.05, 4.69) is 41.2 Å². The third kappa shape index (κ3) is 3.75. The summed E-state index contributed by atoms with van der Waals surface area (Å²) < 4.78 is 0. The van der Waals surface area contributed by atoms with Gasteiger partial charge in [-0.25, -0.2) is 4.98 Å². The second kappa shape index (κ2) is 7.62. The van der Waals surface area contributed by atoms with Crippen LogP contribution in [-0.4, -0.2) is 43.6 Å². The van der Waals surface area contributed by atoms with Gasteiger partial charge in [-0.3, -0.25) is 4.79 Å². The number of aromatic amines is 1. The van der Waals surface area contributed by atoms with Crippen LogP contribution in [0.3, 0.4) is 0 Å². The van der Waals surface area contributed by atoms with Crippen LogP contribution in [0.2, 0.25) is 0 Å². The lowest BCUT2D eigenvalue weighted by atomic mass is 9.99. The van der Waals surface area contributed by atoms with E-state index in [0.29, 0.717) is 6.42 Å². The first kappa shape index (κ1) is 18.0. The van der Waals surface area contributed by atoms with Crippen molar-refractivity contribution in [3.63, 3.8) is 0 Å². The monoisotopic (exact) mass is 359 g/mol. The number of aryl methyl sites for hydroxylation is 1. The lowest BCUT2D eigenvalue weighted by Gasteiger charge is -2.39. The van der Waals surface area contributed by atoms with Gasteiger partial charge >= 0.3 is 0 Å². The molecule has 1 amide bonds. The number of carbonyl (C=O) groups is 1. The number of imidazole rings is 1. The summed E-state index contributed by atoms with van der Waals surface area (Å²) in [4.78, 5) is 22.2. The molecule has 3 unspecified atom stereocenters. The van der Waals surface area contributed by atoms with Gasteiger partial charge in [0.05, 0.1) is 23.2 Å². The Morgan fingerprint density at radius 1 is 1.36 bits per heavy atom. The lowest BCUT2D eigenvalue weighted by Crippen LogP contribution is -2.48. The standard InChI is InChI=1S/C19H25N3O2S/c1-12-7-9-14(10-8-12)15-11-20-18(21-15)16-5-4-6-17(23)22(16)19(24)13(2)25-3/h7-11,13,16-17,23H,4-6H2,1-3H3,(H,20,21). The molecule has 0 spiro atoms.